The maximum absolute atomic E-state index is 12.3. The number of hydrogen-bond acceptors (Lipinski definition) is 4. The van der Waals surface area contributed by atoms with Crippen molar-refractivity contribution in [2.45, 2.75) is 25.3 Å². The number of amides is 1. The van der Waals surface area contributed by atoms with Gasteiger partial charge in [0.15, 0.2) is 5.41 Å². The normalized spacial score (nSPS) is 28.6. The maximum Gasteiger partial charge on any atom is 0.247 e. The summed E-state index contributed by atoms with van der Waals surface area (Å²) in [5, 5.41) is 21.8. The molecule has 0 fully saturated rings. The molecule has 3 unspecified atom stereocenters. The maximum atomic E-state index is 12.3. The molecule has 1 amide bonds. The van der Waals surface area contributed by atoms with Crippen LogP contribution in [0, 0.1) is 32.8 Å². The summed E-state index contributed by atoms with van der Waals surface area (Å²) in [5.74, 6) is -1.74. The smallest absolute Gasteiger partial charge is 0.247 e. The van der Waals surface area contributed by atoms with Crippen LogP contribution in [0.4, 0.5) is 0 Å². The number of nitro groups is 1. The molecule has 0 aromatic heterocycles. The Bertz CT molecular complexity index is 841. The van der Waals surface area contributed by atoms with Gasteiger partial charge in [-0.3, -0.25) is 14.9 Å². The van der Waals surface area contributed by atoms with E-state index in [-0.39, 0.29) is 0 Å². The van der Waals surface area contributed by atoms with Crippen molar-refractivity contribution in [3.63, 3.8) is 0 Å². The summed E-state index contributed by atoms with van der Waals surface area (Å²) in [6.07, 6.45) is 3.60. The van der Waals surface area contributed by atoms with E-state index in [1.165, 1.54) is 6.08 Å². The summed E-state index contributed by atoms with van der Waals surface area (Å²) in [6.45, 7) is 0. The van der Waals surface area contributed by atoms with E-state index in [2.05, 4.69) is 15.9 Å². The average molecular weight is 402 g/mol. The average Bonchev–Trinajstić information content (AvgIpc) is 3.16. The molecule has 6 nitrogen and oxygen atoms in total. The molecule has 0 saturated heterocycles. The third kappa shape index (κ3) is 2.67. The Labute approximate surface area is 153 Å². The Balaban J connectivity index is 2.26. The molecule has 2 aliphatic carbocycles. The van der Waals surface area contributed by atoms with Gasteiger partial charge in [-0.1, -0.05) is 46.3 Å². The standard InChI is InChI=1S/C18H16BrN3O3/c19-14-8-4-7-12(14)15-16(22(24)25)13(11-5-2-1-3-6-11)9-18(15,10-20)17(21)23/h1-3,5-6,9,15-16H,4,7-8H2,(H2,21,23). The molecule has 0 saturated carbocycles. The third-order valence-electron chi connectivity index (χ3n) is 5.00. The Hall–Kier alpha value is -2.46. The Morgan fingerprint density at radius 3 is 2.52 bits per heavy atom. The van der Waals surface area contributed by atoms with Crippen LogP contribution in [0.25, 0.3) is 5.57 Å². The number of rotatable bonds is 4. The van der Waals surface area contributed by atoms with Crippen LogP contribution in [0.15, 0.2) is 46.5 Å². The Morgan fingerprint density at radius 2 is 2.04 bits per heavy atom. The van der Waals surface area contributed by atoms with Crippen LogP contribution in [-0.2, 0) is 4.79 Å². The van der Waals surface area contributed by atoms with Gasteiger partial charge in [-0.2, -0.15) is 5.26 Å². The number of carbonyl (C=O) groups is 1. The summed E-state index contributed by atoms with van der Waals surface area (Å²) >= 11 is 3.47. The number of nitrogens with zero attached hydrogens (tertiary/aromatic N) is 2. The van der Waals surface area contributed by atoms with Gasteiger partial charge in [0.25, 0.3) is 0 Å². The predicted molar refractivity (Wildman–Crippen MR) is 95.7 cm³/mol. The predicted octanol–water partition coefficient (Wildman–Crippen LogP) is 3.17. The van der Waals surface area contributed by atoms with Crippen molar-refractivity contribution < 1.29 is 9.72 Å². The fourth-order valence-electron chi connectivity index (χ4n) is 3.87. The fraction of sp³-hybridized carbons (Fsp3) is 0.333. The van der Waals surface area contributed by atoms with Gasteiger partial charge >= 0.3 is 0 Å². The highest BCUT2D eigenvalue weighted by atomic mass is 79.9. The van der Waals surface area contributed by atoms with Gasteiger partial charge in [-0.05, 0) is 41.0 Å². The Kier molecular flexibility index (Phi) is 4.48. The van der Waals surface area contributed by atoms with Crippen LogP contribution in [-0.4, -0.2) is 16.9 Å². The van der Waals surface area contributed by atoms with E-state index in [4.69, 9.17) is 5.73 Å². The number of nitriles is 1. The van der Waals surface area contributed by atoms with Crippen LogP contribution < -0.4 is 5.73 Å². The second-order valence-corrected chi connectivity index (χ2v) is 7.26. The van der Waals surface area contributed by atoms with Crippen molar-refractivity contribution in [2.24, 2.45) is 17.1 Å². The van der Waals surface area contributed by atoms with E-state index in [1.807, 2.05) is 6.07 Å². The highest BCUT2D eigenvalue weighted by Gasteiger charge is 2.60. The minimum absolute atomic E-state index is 0.371. The lowest BCUT2D eigenvalue weighted by atomic mass is 9.72. The van der Waals surface area contributed by atoms with Crippen LogP contribution in [0.5, 0.6) is 0 Å². The number of carbonyl (C=O) groups excluding carboxylic acids is 1. The van der Waals surface area contributed by atoms with Gasteiger partial charge in [0, 0.05) is 10.5 Å². The van der Waals surface area contributed by atoms with Crippen LogP contribution >= 0.6 is 15.9 Å². The number of hydrogen-bond donors (Lipinski definition) is 1. The topological polar surface area (TPSA) is 110 Å². The summed E-state index contributed by atoms with van der Waals surface area (Å²) in [4.78, 5) is 23.8. The number of allylic oxidation sites excluding steroid dienone is 1. The molecule has 25 heavy (non-hydrogen) atoms. The van der Waals surface area contributed by atoms with Gasteiger partial charge in [0.2, 0.25) is 11.9 Å². The zero-order chi connectivity index (χ0) is 18.2. The highest BCUT2D eigenvalue weighted by molar-refractivity contribution is 9.11. The van der Waals surface area contributed by atoms with Crippen molar-refractivity contribution in [3.05, 3.63) is 62.1 Å². The van der Waals surface area contributed by atoms with E-state index >= 15 is 0 Å². The van der Waals surface area contributed by atoms with Gasteiger partial charge in [0.05, 0.1) is 12.0 Å². The summed E-state index contributed by atoms with van der Waals surface area (Å²) in [5.41, 5.74) is 5.61. The van der Waals surface area contributed by atoms with Crippen LogP contribution in [0.2, 0.25) is 0 Å². The van der Waals surface area contributed by atoms with E-state index in [0.29, 0.717) is 17.6 Å². The van der Waals surface area contributed by atoms with E-state index < -0.39 is 28.2 Å². The molecule has 0 heterocycles. The lowest BCUT2D eigenvalue weighted by molar-refractivity contribution is -0.513. The molecule has 2 N–H and O–H groups in total. The minimum atomic E-state index is -1.72. The molecule has 0 spiro atoms. The number of primary amides is 1. The monoisotopic (exact) mass is 401 g/mol. The number of nitrogens with two attached hydrogens (primary N) is 1. The molecule has 1 aromatic rings. The van der Waals surface area contributed by atoms with Gasteiger partial charge < -0.3 is 5.73 Å². The minimum Gasteiger partial charge on any atom is -0.368 e. The number of benzene rings is 1. The first kappa shape index (κ1) is 17.4. The van der Waals surface area contributed by atoms with Crippen LogP contribution in [0.3, 0.4) is 0 Å². The van der Waals surface area contributed by atoms with Gasteiger partial charge in [-0.25, -0.2) is 0 Å². The molecule has 0 aliphatic heterocycles. The Morgan fingerprint density at radius 1 is 1.36 bits per heavy atom. The second kappa shape index (κ2) is 6.45. The summed E-state index contributed by atoms with van der Waals surface area (Å²) in [7, 11) is 0. The quantitative estimate of drug-likeness (QED) is 0.616. The molecule has 3 rings (SSSR count). The molecule has 0 bridgehead atoms. The molecule has 2 aliphatic rings. The van der Waals surface area contributed by atoms with Crippen molar-refractivity contribution in [3.8, 4) is 6.07 Å². The van der Waals surface area contributed by atoms with Crippen molar-refractivity contribution in [1.82, 2.24) is 0 Å². The van der Waals surface area contributed by atoms with Crippen LogP contribution in [0.1, 0.15) is 24.8 Å². The third-order valence-corrected chi connectivity index (χ3v) is 5.91. The SMILES string of the molecule is N#CC1(C(N)=O)C=C(c2ccccc2)C([N+](=O)[O-])C1C1=C(Br)CCC1. The molecular weight excluding hydrogens is 386 g/mol. The summed E-state index contributed by atoms with van der Waals surface area (Å²) in [6, 6.07) is 9.64. The summed E-state index contributed by atoms with van der Waals surface area (Å²) < 4.78 is 0.841. The largest absolute Gasteiger partial charge is 0.368 e. The first-order chi connectivity index (χ1) is 11.9. The lowest BCUT2D eigenvalue weighted by Crippen LogP contribution is -2.44. The molecule has 128 valence electrons. The van der Waals surface area contributed by atoms with Crippen molar-refractivity contribution in [1.29, 1.82) is 5.26 Å². The lowest BCUT2D eigenvalue weighted by Gasteiger charge is -2.27. The van der Waals surface area contributed by atoms with E-state index in [1.54, 1.807) is 30.3 Å². The zero-order valence-electron chi connectivity index (χ0n) is 13.3. The van der Waals surface area contributed by atoms with Crippen molar-refractivity contribution >= 4 is 27.4 Å². The fourth-order valence-corrected chi connectivity index (χ4v) is 4.60. The molecule has 0 radical (unpaired) electrons. The second-order valence-electron chi connectivity index (χ2n) is 6.30. The molecular formula is C18H16BrN3O3. The van der Waals surface area contributed by atoms with E-state index in [0.717, 1.165) is 22.9 Å². The molecule has 3 atom stereocenters. The van der Waals surface area contributed by atoms with E-state index in [9.17, 15) is 20.2 Å². The number of halogens is 1. The highest BCUT2D eigenvalue weighted by Crippen LogP contribution is 2.53. The van der Waals surface area contributed by atoms with Crippen molar-refractivity contribution in [2.75, 3.05) is 0 Å². The molecule has 1 aromatic carbocycles. The zero-order valence-corrected chi connectivity index (χ0v) is 14.9. The first-order valence-corrected chi connectivity index (χ1v) is 8.72. The van der Waals surface area contributed by atoms with Gasteiger partial charge in [-0.15, -0.1) is 0 Å². The van der Waals surface area contributed by atoms with Gasteiger partial charge in [0.1, 0.15) is 0 Å². The molecule has 7 heteroatoms. The first-order valence-electron chi connectivity index (χ1n) is 7.92.